The molecule has 0 spiro atoms. The van der Waals surface area contributed by atoms with Crippen molar-refractivity contribution in [2.45, 2.75) is 32.6 Å². The Hall–Kier alpha value is -2.32. The van der Waals surface area contributed by atoms with E-state index in [1.54, 1.807) is 7.11 Å². The third-order valence-electron chi connectivity index (χ3n) is 4.22. The number of hydrogen-bond donors (Lipinski definition) is 0. The first-order valence-electron chi connectivity index (χ1n) is 8.40. The van der Waals surface area contributed by atoms with E-state index in [1.165, 1.54) is 6.33 Å². The molecule has 134 valence electrons. The van der Waals surface area contributed by atoms with Crippen molar-refractivity contribution < 1.29 is 9.53 Å². The highest BCUT2D eigenvalue weighted by molar-refractivity contribution is 5.76. The van der Waals surface area contributed by atoms with Gasteiger partial charge in [0.15, 0.2) is 0 Å². The Morgan fingerprint density at radius 1 is 1.28 bits per heavy atom. The average Bonchev–Trinajstić information content (AvgIpc) is 3.01. The lowest BCUT2D eigenvalue weighted by Crippen LogP contribution is -2.38. The first kappa shape index (κ1) is 17.5. The van der Waals surface area contributed by atoms with Crippen molar-refractivity contribution in [3.05, 3.63) is 42.0 Å². The second-order valence-electron chi connectivity index (χ2n) is 6.32. The van der Waals surface area contributed by atoms with Crippen LogP contribution in [-0.4, -0.2) is 62.5 Å². The maximum atomic E-state index is 12.1. The Kier molecular flexibility index (Phi) is 5.72. The topological polar surface area (TPSA) is 76.4 Å². The van der Waals surface area contributed by atoms with Gasteiger partial charge >= 0.3 is 0 Å². The zero-order valence-electron chi connectivity index (χ0n) is 14.8. The normalized spacial score (nSPS) is 14.0. The Bertz CT molecular complexity index is 702. The number of rotatable bonds is 7. The van der Waals surface area contributed by atoms with Crippen molar-refractivity contribution in [1.29, 1.82) is 0 Å². The van der Waals surface area contributed by atoms with Crippen molar-refractivity contribution in [3.63, 3.8) is 0 Å². The molecule has 0 aliphatic carbocycles. The summed E-state index contributed by atoms with van der Waals surface area (Å²) in [4.78, 5) is 29.0. The molecule has 0 fully saturated rings. The number of ether oxygens (including phenoxy) is 1. The number of aromatic nitrogens is 4. The molecule has 3 heterocycles. The fourth-order valence-electron chi connectivity index (χ4n) is 3.00. The third-order valence-corrected chi connectivity index (χ3v) is 4.22. The van der Waals surface area contributed by atoms with Crippen molar-refractivity contribution >= 4 is 5.91 Å². The van der Waals surface area contributed by atoms with Crippen LogP contribution in [0.2, 0.25) is 0 Å². The lowest BCUT2D eigenvalue weighted by Gasteiger charge is -2.27. The van der Waals surface area contributed by atoms with Crippen LogP contribution in [-0.2, 0) is 35.7 Å². The first-order valence-corrected chi connectivity index (χ1v) is 8.40. The maximum Gasteiger partial charge on any atom is 0.225 e. The molecule has 0 atom stereocenters. The summed E-state index contributed by atoms with van der Waals surface area (Å²) in [7, 11) is 3.66. The van der Waals surface area contributed by atoms with Crippen LogP contribution in [0.1, 0.15) is 23.5 Å². The van der Waals surface area contributed by atoms with Crippen molar-refractivity contribution in [2.24, 2.45) is 0 Å². The zero-order chi connectivity index (χ0) is 17.6. The number of amides is 1. The number of carbonyl (C=O) groups excluding carboxylic acids is 1. The Labute approximate surface area is 147 Å². The van der Waals surface area contributed by atoms with Crippen LogP contribution in [0.5, 0.6) is 0 Å². The smallest absolute Gasteiger partial charge is 0.225 e. The van der Waals surface area contributed by atoms with E-state index in [1.807, 2.05) is 24.3 Å². The molecule has 8 heteroatoms. The van der Waals surface area contributed by atoms with Gasteiger partial charge in [-0.2, -0.15) is 0 Å². The lowest BCUT2D eigenvalue weighted by molar-refractivity contribution is -0.133. The molecule has 0 saturated heterocycles. The number of carbonyl (C=O) groups is 1. The van der Waals surface area contributed by atoms with Crippen molar-refractivity contribution in [3.8, 4) is 0 Å². The minimum atomic E-state index is 0.124. The van der Waals surface area contributed by atoms with E-state index in [2.05, 4.69) is 25.6 Å². The van der Waals surface area contributed by atoms with Gasteiger partial charge in [0.1, 0.15) is 12.2 Å². The molecule has 1 aliphatic rings. The Morgan fingerprint density at radius 2 is 2.08 bits per heavy atom. The van der Waals surface area contributed by atoms with Crippen LogP contribution >= 0.6 is 0 Å². The van der Waals surface area contributed by atoms with E-state index in [0.717, 1.165) is 43.3 Å². The van der Waals surface area contributed by atoms with Crippen molar-refractivity contribution in [2.75, 3.05) is 27.3 Å². The van der Waals surface area contributed by atoms with Gasteiger partial charge in [-0.1, -0.05) is 0 Å². The van der Waals surface area contributed by atoms with E-state index in [-0.39, 0.29) is 5.91 Å². The molecule has 3 rings (SSSR count). The highest BCUT2D eigenvalue weighted by Gasteiger charge is 2.22. The van der Waals surface area contributed by atoms with Crippen LogP contribution in [0.25, 0.3) is 0 Å². The minimum absolute atomic E-state index is 0.124. The second-order valence-corrected chi connectivity index (χ2v) is 6.32. The quantitative estimate of drug-likeness (QED) is 0.735. The van der Waals surface area contributed by atoms with Gasteiger partial charge in [0.05, 0.1) is 25.3 Å². The number of hydrogen-bond acceptors (Lipinski definition) is 6. The largest absolute Gasteiger partial charge is 0.384 e. The van der Waals surface area contributed by atoms with Gasteiger partial charge in [0.2, 0.25) is 5.91 Å². The molecule has 0 unspecified atom stereocenters. The van der Waals surface area contributed by atoms with E-state index in [0.29, 0.717) is 19.6 Å². The lowest BCUT2D eigenvalue weighted by atomic mass is 10.3. The van der Waals surface area contributed by atoms with E-state index in [9.17, 15) is 4.79 Å². The molecule has 8 nitrogen and oxygen atoms in total. The van der Waals surface area contributed by atoms with E-state index < -0.39 is 0 Å². The second kappa shape index (κ2) is 8.17. The molecule has 0 aromatic carbocycles. The number of fused-ring (bicyclic) bond motifs is 1. The van der Waals surface area contributed by atoms with E-state index in [4.69, 9.17) is 9.72 Å². The summed E-state index contributed by atoms with van der Waals surface area (Å²) in [6.45, 7) is 4.05. The van der Waals surface area contributed by atoms with Gasteiger partial charge in [-0.15, -0.1) is 0 Å². The molecule has 1 aliphatic heterocycles. The molecule has 0 bridgehead atoms. The molecule has 0 radical (unpaired) electrons. The number of methoxy groups -OCH3 is 1. The zero-order valence-corrected chi connectivity index (χ0v) is 14.8. The highest BCUT2D eigenvalue weighted by Crippen LogP contribution is 2.15. The molecule has 0 N–H and O–H groups in total. The van der Waals surface area contributed by atoms with Gasteiger partial charge < -0.3 is 14.2 Å². The monoisotopic (exact) mass is 344 g/mol. The summed E-state index contributed by atoms with van der Waals surface area (Å²) >= 11 is 0. The fourth-order valence-corrected chi connectivity index (χ4v) is 3.00. The van der Waals surface area contributed by atoms with Crippen LogP contribution < -0.4 is 0 Å². The van der Waals surface area contributed by atoms with Gasteiger partial charge in [-0.25, -0.2) is 15.0 Å². The van der Waals surface area contributed by atoms with Crippen LogP contribution in [0.4, 0.5) is 0 Å². The average molecular weight is 344 g/mol. The standard InChI is InChI=1S/C17H24N6O2/c1-21(9-14-7-18-13-19-8-14)10-15-11-22-4-5-23(12-16(22)20-15)17(24)3-6-25-2/h7-8,11,13H,3-6,9-10,12H2,1-2H3. The molecule has 1 amide bonds. The molecular formula is C17H24N6O2. The van der Waals surface area contributed by atoms with Gasteiger partial charge in [-0.3, -0.25) is 9.69 Å². The highest BCUT2D eigenvalue weighted by atomic mass is 16.5. The molecule has 0 saturated carbocycles. The van der Waals surface area contributed by atoms with E-state index >= 15 is 0 Å². The Morgan fingerprint density at radius 3 is 2.84 bits per heavy atom. The predicted molar refractivity (Wildman–Crippen MR) is 91.3 cm³/mol. The summed E-state index contributed by atoms with van der Waals surface area (Å²) in [6, 6.07) is 0. The fraction of sp³-hybridized carbons (Fsp3) is 0.529. The van der Waals surface area contributed by atoms with Crippen molar-refractivity contribution in [1.82, 2.24) is 29.3 Å². The number of imidazole rings is 1. The van der Waals surface area contributed by atoms with Crippen LogP contribution in [0.3, 0.4) is 0 Å². The van der Waals surface area contributed by atoms with Crippen LogP contribution in [0.15, 0.2) is 24.9 Å². The summed E-state index contributed by atoms with van der Waals surface area (Å²) in [5, 5.41) is 0. The predicted octanol–water partition coefficient (Wildman–Crippen LogP) is 0.684. The summed E-state index contributed by atoms with van der Waals surface area (Å²) in [6.07, 6.45) is 7.69. The summed E-state index contributed by atoms with van der Waals surface area (Å²) < 4.78 is 7.13. The molecular weight excluding hydrogens is 320 g/mol. The maximum absolute atomic E-state index is 12.1. The molecule has 2 aromatic rings. The molecule has 25 heavy (non-hydrogen) atoms. The minimum Gasteiger partial charge on any atom is -0.384 e. The van der Waals surface area contributed by atoms with Gasteiger partial charge in [0.25, 0.3) is 0 Å². The van der Waals surface area contributed by atoms with Gasteiger partial charge in [0, 0.05) is 57.4 Å². The SMILES string of the molecule is COCCC(=O)N1CCn2cc(CN(C)Cc3cncnc3)nc2C1. The number of nitrogens with zero attached hydrogens (tertiary/aromatic N) is 6. The summed E-state index contributed by atoms with van der Waals surface area (Å²) in [5.41, 5.74) is 2.09. The van der Waals surface area contributed by atoms with Gasteiger partial charge in [-0.05, 0) is 7.05 Å². The Balaban J connectivity index is 1.57. The molecule has 2 aromatic heterocycles. The third kappa shape index (κ3) is 4.61. The summed E-state index contributed by atoms with van der Waals surface area (Å²) in [5.74, 6) is 1.07. The first-order chi connectivity index (χ1) is 12.2. The van der Waals surface area contributed by atoms with Crippen LogP contribution in [0, 0.1) is 0 Å².